The van der Waals surface area contributed by atoms with Crippen molar-refractivity contribution in [3.63, 3.8) is 0 Å². The van der Waals surface area contributed by atoms with Crippen molar-refractivity contribution in [2.24, 2.45) is 7.05 Å². The first-order valence-corrected chi connectivity index (χ1v) is 7.31. The third kappa shape index (κ3) is 4.48. The molecule has 0 saturated carbocycles. The zero-order chi connectivity index (χ0) is 18.6. The molecule has 1 N–H and O–H groups in total. The van der Waals surface area contributed by atoms with Gasteiger partial charge in [-0.05, 0) is 18.2 Å². The highest BCUT2D eigenvalue weighted by Crippen LogP contribution is 2.27. The van der Waals surface area contributed by atoms with Crippen molar-refractivity contribution < 1.29 is 24.0 Å². The van der Waals surface area contributed by atoms with E-state index >= 15 is 0 Å². The highest BCUT2D eigenvalue weighted by atomic mass is 35.5. The lowest BCUT2D eigenvalue weighted by Crippen LogP contribution is -2.22. The molecule has 2 rings (SSSR count). The van der Waals surface area contributed by atoms with Gasteiger partial charge in [0, 0.05) is 18.1 Å². The number of hydrogen-bond acceptors (Lipinski definition) is 6. The van der Waals surface area contributed by atoms with Gasteiger partial charge in [-0.3, -0.25) is 14.9 Å². The van der Waals surface area contributed by atoms with Gasteiger partial charge in [-0.15, -0.1) is 0 Å². The minimum absolute atomic E-state index is 0.0418. The number of nitrogens with zero attached hydrogens (tertiary/aromatic N) is 2. The summed E-state index contributed by atoms with van der Waals surface area (Å²) in [6.07, 6.45) is 1.17. The molecule has 0 fully saturated rings. The monoisotopic (exact) mass is 367 g/mol. The second-order valence-corrected chi connectivity index (χ2v) is 5.36. The van der Waals surface area contributed by atoms with Gasteiger partial charge in [0.2, 0.25) is 0 Å². The maximum Gasteiger partial charge on any atom is 0.355 e. The SMILES string of the molecule is COc1ccc(Cl)cc1NC(=O)COC(=O)c1cc([N+](=O)[O-])cn1C. The number of carbonyl (C=O) groups excluding carboxylic acids is 2. The van der Waals surface area contributed by atoms with Crippen LogP contribution in [0.3, 0.4) is 0 Å². The molecule has 2 aromatic rings. The summed E-state index contributed by atoms with van der Waals surface area (Å²) in [5, 5.41) is 13.6. The molecule has 0 radical (unpaired) electrons. The molecule has 0 bridgehead atoms. The van der Waals surface area contributed by atoms with Crippen LogP contribution in [0.1, 0.15) is 10.5 Å². The molecule has 1 heterocycles. The van der Waals surface area contributed by atoms with Crippen molar-refractivity contribution in [2.45, 2.75) is 0 Å². The Morgan fingerprint density at radius 2 is 2.08 bits per heavy atom. The number of rotatable bonds is 6. The molecule has 0 aliphatic carbocycles. The summed E-state index contributed by atoms with van der Waals surface area (Å²) < 4.78 is 11.2. The maximum absolute atomic E-state index is 11.9. The zero-order valence-corrected chi connectivity index (χ0v) is 14.1. The minimum atomic E-state index is -0.858. The molecular weight excluding hydrogens is 354 g/mol. The van der Waals surface area contributed by atoms with Crippen molar-refractivity contribution in [2.75, 3.05) is 19.0 Å². The predicted octanol–water partition coefficient (Wildman–Crippen LogP) is 2.39. The summed E-state index contributed by atoms with van der Waals surface area (Å²) in [7, 11) is 2.89. The van der Waals surface area contributed by atoms with E-state index in [-0.39, 0.29) is 11.4 Å². The molecule has 1 aromatic heterocycles. The van der Waals surface area contributed by atoms with Crippen molar-refractivity contribution in [3.8, 4) is 5.75 Å². The number of aryl methyl sites for hydroxylation is 1. The third-order valence-corrected chi connectivity index (χ3v) is 3.42. The van der Waals surface area contributed by atoms with E-state index < -0.39 is 23.4 Å². The second kappa shape index (κ2) is 7.67. The molecule has 0 spiro atoms. The van der Waals surface area contributed by atoms with Crippen LogP contribution < -0.4 is 10.1 Å². The number of halogens is 1. The lowest BCUT2D eigenvalue weighted by atomic mass is 10.3. The van der Waals surface area contributed by atoms with Crippen LogP contribution in [0, 0.1) is 10.1 Å². The van der Waals surface area contributed by atoms with E-state index in [2.05, 4.69) is 5.32 Å². The largest absolute Gasteiger partial charge is 0.495 e. The molecule has 10 heteroatoms. The molecule has 0 saturated heterocycles. The van der Waals surface area contributed by atoms with Crippen molar-refractivity contribution in [3.05, 3.63) is 51.3 Å². The fourth-order valence-corrected chi connectivity index (χ4v) is 2.19. The number of aromatic nitrogens is 1. The quantitative estimate of drug-likeness (QED) is 0.476. The van der Waals surface area contributed by atoms with E-state index in [1.54, 1.807) is 12.1 Å². The van der Waals surface area contributed by atoms with Gasteiger partial charge >= 0.3 is 5.97 Å². The van der Waals surface area contributed by atoms with Gasteiger partial charge in [-0.2, -0.15) is 0 Å². The van der Waals surface area contributed by atoms with E-state index in [0.29, 0.717) is 16.5 Å². The summed E-state index contributed by atoms with van der Waals surface area (Å²) in [5.74, 6) is -1.08. The Balaban J connectivity index is 1.99. The number of methoxy groups -OCH3 is 1. The van der Waals surface area contributed by atoms with E-state index in [9.17, 15) is 19.7 Å². The number of carbonyl (C=O) groups is 2. The smallest absolute Gasteiger partial charge is 0.355 e. The second-order valence-electron chi connectivity index (χ2n) is 4.92. The zero-order valence-electron chi connectivity index (χ0n) is 13.3. The Morgan fingerprint density at radius 1 is 1.36 bits per heavy atom. The summed E-state index contributed by atoms with van der Waals surface area (Å²) >= 11 is 5.86. The predicted molar refractivity (Wildman–Crippen MR) is 89.0 cm³/mol. The van der Waals surface area contributed by atoms with Crippen molar-refractivity contribution in [1.29, 1.82) is 0 Å². The summed E-state index contributed by atoms with van der Waals surface area (Å²) in [5.41, 5.74) is 0.0351. The topological polar surface area (TPSA) is 113 Å². The normalized spacial score (nSPS) is 10.2. The third-order valence-electron chi connectivity index (χ3n) is 3.18. The van der Waals surface area contributed by atoms with Gasteiger partial charge in [0.1, 0.15) is 11.4 Å². The molecule has 25 heavy (non-hydrogen) atoms. The van der Waals surface area contributed by atoms with Crippen molar-refractivity contribution in [1.82, 2.24) is 4.57 Å². The van der Waals surface area contributed by atoms with Crippen LogP contribution in [0.5, 0.6) is 5.75 Å². The molecule has 132 valence electrons. The first-order valence-electron chi connectivity index (χ1n) is 6.93. The number of benzene rings is 1. The highest BCUT2D eigenvalue weighted by molar-refractivity contribution is 6.31. The number of hydrogen-bond donors (Lipinski definition) is 1. The summed E-state index contributed by atoms with van der Waals surface area (Å²) in [6, 6.07) is 5.73. The molecular formula is C15H14ClN3O6. The average molecular weight is 368 g/mol. The van der Waals surface area contributed by atoms with Crippen molar-refractivity contribution >= 4 is 34.9 Å². The Bertz CT molecular complexity index is 833. The van der Waals surface area contributed by atoms with Crippen LogP contribution in [0.4, 0.5) is 11.4 Å². The molecule has 0 unspecified atom stereocenters. The molecule has 1 aromatic carbocycles. The fraction of sp³-hybridized carbons (Fsp3) is 0.200. The number of anilines is 1. The number of nitro groups is 1. The fourth-order valence-electron chi connectivity index (χ4n) is 2.02. The Labute approximate surface area is 147 Å². The van der Waals surface area contributed by atoms with Crippen LogP contribution >= 0.6 is 11.6 Å². The lowest BCUT2D eigenvalue weighted by molar-refractivity contribution is -0.384. The lowest BCUT2D eigenvalue weighted by Gasteiger charge is -2.11. The van der Waals surface area contributed by atoms with Gasteiger partial charge in [0.05, 0.1) is 23.9 Å². The number of amides is 1. The first-order chi connectivity index (χ1) is 11.8. The Morgan fingerprint density at radius 3 is 2.68 bits per heavy atom. The van der Waals surface area contributed by atoms with E-state index in [4.69, 9.17) is 21.1 Å². The van der Waals surface area contributed by atoms with Crippen LogP contribution in [-0.2, 0) is 16.6 Å². The number of nitrogens with one attached hydrogen (secondary N) is 1. The molecule has 0 atom stereocenters. The van der Waals surface area contributed by atoms with Crippen LogP contribution in [-0.4, -0.2) is 35.1 Å². The molecule has 0 aliphatic heterocycles. The number of esters is 1. The minimum Gasteiger partial charge on any atom is -0.495 e. The van der Waals surface area contributed by atoms with Crippen LogP contribution in [0.25, 0.3) is 0 Å². The highest BCUT2D eigenvalue weighted by Gasteiger charge is 2.20. The molecule has 9 nitrogen and oxygen atoms in total. The van der Waals surface area contributed by atoms with Gasteiger partial charge in [-0.25, -0.2) is 4.79 Å². The van der Waals surface area contributed by atoms with E-state index in [0.717, 1.165) is 6.07 Å². The van der Waals surface area contributed by atoms with Gasteiger partial charge in [0.15, 0.2) is 6.61 Å². The van der Waals surface area contributed by atoms with E-state index in [1.165, 1.54) is 31.0 Å². The van der Waals surface area contributed by atoms with Gasteiger partial charge in [0.25, 0.3) is 11.6 Å². The Kier molecular flexibility index (Phi) is 5.60. The molecule has 1 amide bonds. The Hall–Kier alpha value is -3.07. The maximum atomic E-state index is 11.9. The average Bonchev–Trinajstić information content (AvgIpc) is 2.95. The summed E-state index contributed by atoms with van der Waals surface area (Å²) in [4.78, 5) is 33.9. The molecule has 0 aliphatic rings. The standard InChI is InChI=1S/C15H14ClN3O6/c1-18-7-10(19(22)23)6-12(18)15(21)25-8-14(20)17-11-5-9(16)3-4-13(11)24-2/h3-7H,8H2,1-2H3,(H,17,20). The van der Waals surface area contributed by atoms with E-state index in [1.807, 2.05) is 0 Å². The first kappa shape index (κ1) is 18.3. The van der Waals surface area contributed by atoms with Crippen LogP contribution in [0.15, 0.2) is 30.5 Å². The number of ether oxygens (including phenoxy) is 2. The van der Waals surface area contributed by atoms with Gasteiger partial charge in [-0.1, -0.05) is 11.6 Å². The van der Waals surface area contributed by atoms with Crippen LogP contribution in [0.2, 0.25) is 5.02 Å². The summed E-state index contributed by atoms with van der Waals surface area (Å²) in [6.45, 7) is -0.576. The van der Waals surface area contributed by atoms with Gasteiger partial charge < -0.3 is 19.4 Å².